The van der Waals surface area contributed by atoms with Crippen LogP contribution in [-0.4, -0.2) is 21.9 Å². The quantitative estimate of drug-likeness (QED) is 0.371. The fraction of sp³-hybridized carbons (Fsp3) is 0.625. The lowest BCUT2D eigenvalue weighted by Crippen LogP contribution is -2.56. The van der Waals surface area contributed by atoms with Crippen LogP contribution in [-0.2, 0) is 5.04 Å². The Morgan fingerprint density at radius 2 is 1.52 bits per heavy atom. The zero-order valence-electron chi connectivity index (χ0n) is 19.3. The van der Waals surface area contributed by atoms with E-state index in [4.69, 9.17) is 0 Å². The average molecular weight is 399 g/mol. The van der Waals surface area contributed by atoms with Crippen molar-refractivity contribution >= 4 is 21.9 Å². The van der Waals surface area contributed by atoms with Gasteiger partial charge in [-0.05, 0) is 28.1 Å². The van der Waals surface area contributed by atoms with Gasteiger partial charge in [0.25, 0.3) is 0 Å². The van der Waals surface area contributed by atoms with Gasteiger partial charge in [0.15, 0.2) is 5.78 Å². The minimum absolute atomic E-state index is 0.154. The Balaban J connectivity index is 2.85. The van der Waals surface area contributed by atoms with E-state index in [9.17, 15) is 4.79 Å². The summed E-state index contributed by atoms with van der Waals surface area (Å²) in [6.07, 6.45) is 0.561. The molecule has 1 atom stereocenters. The zero-order valence-corrected chi connectivity index (χ0v) is 21.3. The van der Waals surface area contributed by atoms with Gasteiger partial charge in [-0.3, -0.25) is 4.79 Å². The number of Topliss-reactive ketones (excluding diaryl/α,β-unsaturated/α-hetero) is 1. The molecule has 1 aliphatic rings. The number of hydrogen-bond donors (Lipinski definition) is 0. The van der Waals surface area contributed by atoms with Crippen molar-refractivity contribution < 1.29 is 4.79 Å². The lowest BCUT2D eigenvalue weighted by molar-refractivity contribution is 0.0987. The summed E-state index contributed by atoms with van der Waals surface area (Å²) >= 11 is 0. The standard InChI is InChI=1S/C24H38OSi2/c1-18-13-12-14-19-21(18)20(25)17-24(19,27(10,11)23(5,6)7)15-16-26(8,9)22(2,3)4/h12-14H,17H2,1-11H3. The second kappa shape index (κ2) is 6.46. The van der Waals surface area contributed by atoms with E-state index >= 15 is 0 Å². The van der Waals surface area contributed by atoms with Crippen LogP contribution in [0.3, 0.4) is 0 Å². The summed E-state index contributed by atoms with van der Waals surface area (Å²) < 4.78 is 0. The topological polar surface area (TPSA) is 17.1 Å². The molecule has 0 heterocycles. The van der Waals surface area contributed by atoms with Gasteiger partial charge in [0, 0.05) is 12.0 Å². The third kappa shape index (κ3) is 3.40. The van der Waals surface area contributed by atoms with Crippen molar-refractivity contribution in [2.75, 3.05) is 0 Å². The maximum absolute atomic E-state index is 13.2. The largest absolute Gasteiger partial charge is 0.294 e. The van der Waals surface area contributed by atoms with Crippen LogP contribution in [0.5, 0.6) is 0 Å². The molecule has 0 spiro atoms. The maximum atomic E-state index is 13.2. The van der Waals surface area contributed by atoms with Crippen molar-refractivity contribution in [1.82, 2.24) is 0 Å². The molecule has 0 radical (unpaired) electrons. The first kappa shape index (κ1) is 22.2. The lowest BCUT2D eigenvalue weighted by Gasteiger charge is -2.48. The molecule has 1 aromatic carbocycles. The Morgan fingerprint density at radius 3 is 2.00 bits per heavy atom. The molecule has 1 nitrogen and oxygen atoms in total. The molecule has 3 heteroatoms. The third-order valence-electron chi connectivity index (χ3n) is 7.84. The molecule has 0 amide bonds. The number of benzene rings is 1. The summed E-state index contributed by atoms with van der Waals surface area (Å²) in [5.74, 6) is 4.14. The van der Waals surface area contributed by atoms with Crippen LogP contribution >= 0.6 is 0 Å². The van der Waals surface area contributed by atoms with Crippen molar-refractivity contribution in [2.45, 2.75) is 96.2 Å². The van der Waals surface area contributed by atoms with Gasteiger partial charge >= 0.3 is 0 Å². The van der Waals surface area contributed by atoms with Crippen LogP contribution in [0, 0.1) is 18.4 Å². The minimum Gasteiger partial charge on any atom is -0.294 e. The monoisotopic (exact) mass is 398 g/mol. The normalized spacial score (nSPS) is 20.9. The Labute approximate surface area is 169 Å². The Bertz CT molecular complexity index is 823. The number of rotatable bonds is 1. The summed E-state index contributed by atoms with van der Waals surface area (Å²) in [7, 11) is -3.73. The van der Waals surface area contributed by atoms with Crippen molar-refractivity contribution in [3.63, 3.8) is 0 Å². The van der Waals surface area contributed by atoms with E-state index in [1.165, 1.54) is 5.56 Å². The molecule has 0 N–H and O–H groups in total. The molecule has 0 aliphatic heterocycles. The number of carbonyl (C=O) groups is 1. The van der Waals surface area contributed by atoms with E-state index < -0.39 is 16.1 Å². The van der Waals surface area contributed by atoms with Crippen molar-refractivity contribution in [2.24, 2.45) is 0 Å². The first-order valence-corrected chi connectivity index (χ1v) is 16.2. The highest BCUT2D eigenvalue weighted by atomic mass is 28.3. The molecule has 0 bridgehead atoms. The van der Waals surface area contributed by atoms with Crippen molar-refractivity contribution in [1.29, 1.82) is 0 Å². The molecule has 0 saturated heterocycles. The van der Waals surface area contributed by atoms with E-state index in [1.54, 1.807) is 0 Å². The smallest absolute Gasteiger partial charge is 0.165 e. The summed E-state index contributed by atoms with van der Waals surface area (Å²) in [5, 5.41) is 0.0760. The van der Waals surface area contributed by atoms with Gasteiger partial charge in [0.05, 0.1) is 13.1 Å². The molecule has 0 fully saturated rings. The summed E-state index contributed by atoms with van der Waals surface area (Å²) in [5.41, 5.74) is 7.08. The summed E-state index contributed by atoms with van der Waals surface area (Å²) in [4.78, 5) is 13.2. The van der Waals surface area contributed by atoms with E-state index in [-0.39, 0.29) is 20.9 Å². The highest BCUT2D eigenvalue weighted by Gasteiger charge is 2.58. The molecular weight excluding hydrogens is 360 g/mol. The summed E-state index contributed by atoms with van der Waals surface area (Å²) in [6, 6.07) is 6.37. The van der Waals surface area contributed by atoms with Crippen LogP contribution in [0.15, 0.2) is 18.2 Å². The Morgan fingerprint density at radius 1 is 0.963 bits per heavy atom. The summed E-state index contributed by atoms with van der Waals surface area (Å²) in [6.45, 7) is 25.6. The van der Waals surface area contributed by atoms with E-state index in [0.717, 1.165) is 11.1 Å². The molecule has 0 aromatic heterocycles. The Kier molecular flexibility index (Phi) is 5.30. The number of ketones is 1. The first-order valence-electron chi connectivity index (χ1n) is 10.2. The molecule has 2 rings (SSSR count). The molecule has 1 unspecified atom stereocenters. The van der Waals surface area contributed by atoms with Gasteiger partial charge in [-0.1, -0.05) is 85.9 Å². The van der Waals surface area contributed by atoms with E-state index in [1.807, 2.05) is 0 Å². The molecule has 27 heavy (non-hydrogen) atoms. The van der Waals surface area contributed by atoms with Crippen molar-refractivity contribution in [3.05, 3.63) is 34.9 Å². The second-order valence-electron chi connectivity index (χ2n) is 11.5. The minimum atomic E-state index is -1.97. The SMILES string of the molecule is Cc1cccc2c1C(=O)CC2(C#C[Si](C)(C)C(C)(C)C)[Si](C)(C)C(C)(C)C. The van der Waals surface area contributed by atoms with Gasteiger partial charge < -0.3 is 0 Å². The van der Waals surface area contributed by atoms with E-state index in [0.29, 0.717) is 6.42 Å². The fourth-order valence-corrected chi connectivity index (χ4v) is 7.90. The highest BCUT2D eigenvalue weighted by molar-refractivity contribution is 6.88. The van der Waals surface area contributed by atoms with Gasteiger partial charge in [-0.2, -0.15) is 0 Å². The number of aryl methyl sites for hydroxylation is 1. The molecule has 0 saturated carbocycles. The fourth-order valence-electron chi connectivity index (χ4n) is 3.73. The Hall–Kier alpha value is -1.12. The van der Waals surface area contributed by atoms with Gasteiger partial charge in [0.2, 0.25) is 0 Å². The number of hydrogen-bond acceptors (Lipinski definition) is 1. The number of fused-ring (bicyclic) bond motifs is 1. The van der Waals surface area contributed by atoms with Crippen LogP contribution in [0.2, 0.25) is 36.3 Å². The van der Waals surface area contributed by atoms with Crippen LogP contribution in [0.4, 0.5) is 0 Å². The maximum Gasteiger partial charge on any atom is 0.165 e. The average Bonchev–Trinajstić information content (AvgIpc) is 2.78. The van der Waals surface area contributed by atoms with Gasteiger partial charge in [0.1, 0.15) is 8.07 Å². The van der Waals surface area contributed by atoms with Crippen LogP contribution in [0.1, 0.15) is 69.4 Å². The molecular formula is C24H38OSi2. The van der Waals surface area contributed by atoms with Crippen LogP contribution in [0.25, 0.3) is 0 Å². The number of carbonyl (C=O) groups excluding carboxylic acids is 1. The van der Waals surface area contributed by atoms with Crippen molar-refractivity contribution in [3.8, 4) is 11.5 Å². The van der Waals surface area contributed by atoms with Gasteiger partial charge in [-0.15, -0.1) is 11.5 Å². The first-order chi connectivity index (χ1) is 12.0. The molecule has 1 aromatic rings. The lowest BCUT2D eigenvalue weighted by atomic mass is 9.98. The highest BCUT2D eigenvalue weighted by Crippen LogP contribution is 2.54. The van der Waals surface area contributed by atoms with Gasteiger partial charge in [-0.25, -0.2) is 0 Å². The zero-order chi connectivity index (χ0) is 21.1. The predicted octanol–water partition coefficient (Wildman–Crippen LogP) is 6.92. The molecule has 1 aliphatic carbocycles. The second-order valence-corrected chi connectivity index (χ2v) is 22.1. The van der Waals surface area contributed by atoms with E-state index in [2.05, 4.69) is 104 Å². The third-order valence-corrected chi connectivity index (χ3v) is 18.8. The predicted molar refractivity (Wildman–Crippen MR) is 124 cm³/mol. The molecule has 148 valence electrons. The van der Waals surface area contributed by atoms with Crippen LogP contribution < -0.4 is 0 Å².